The van der Waals surface area contributed by atoms with E-state index < -0.39 is 0 Å². The second-order valence-electron chi connectivity index (χ2n) is 6.85. The lowest BCUT2D eigenvalue weighted by atomic mass is 10.0. The highest BCUT2D eigenvalue weighted by molar-refractivity contribution is 6.30. The Morgan fingerprint density at radius 3 is 2.43 bits per heavy atom. The third-order valence-electron chi connectivity index (χ3n) is 4.88. The van der Waals surface area contributed by atoms with E-state index in [-0.39, 0.29) is 5.95 Å². The minimum atomic E-state index is 0.141. The van der Waals surface area contributed by atoms with Crippen molar-refractivity contribution >= 4 is 34.3 Å². The van der Waals surface area contributed by atoms with Gasteiger partial charge in [-0.2, -0.15) is 4.98 Å². The van der Waals surface area contributed by atoms with E-state index in [9.17, 15) is 0 Å². The topological polar surface area (TPSA) is 109 Å². The average Bonchev–Trinajstić information content (AvgIpc) is 3.15. The van der Waals surface area contributed by atoms with Gasteiger partial charge in [0.05, 0.1) is 14.2 Å². The SMILES string of the molecule is COc1cc(Cc2cnc(N)nc2N)c2cc(Cc3ccc(Cl)cc3)oc2c1OC. The molecule has 2 aromatic carbocycles. The summed E-state index contributed by atoms with van der Waals surface area (Å²) in [6, 6.07) is 11.6. The first-order chi connectivity index (χ1) is 14.5. The quantitative estimate of drug-likeness (QED) is 0.476. The van der Waals surface area contributed by atoms with Gasteiger partial charge >= 0.3 is 0 Å². The van der Waals surface area contributed by atoms with E-state index in [1.807, 2.05) is 36.4 Å². The lowest BCUT2D eigenvalue weighted by Crippen LogP contribution is -2.04. The summed E-state index contributed by atoms with van der Waals surface area (Å²) in [7, 11) is 3.18. The summed E-state index contributed by atoms with van der Waals surface area (Å²) in [5.74, 6) is 2.39. The molecule has 0 atom stereocenters. The van der Waals surface area contributed by atoms with E-state index in [0.29, 0.717) is 40.8 Å². The Bertz CT molecular complexity index is 1210. The van der Waals surface area contributed by atoms with Crippen LogP contribution in [0.3, 0.4) is 0 Å². The summed E-state index contributed by atoms with van der Waals surface area (Å²) in [6.07, 6.45) is 2.74. The molecule has 0 aliphatic carbocycles. The third-order valence-corrected chi connectivity index (χ3v) is 5.13. The van der Waals surface area contributed by atoms with Crippen molar-refractivity contribution in [1.29, 1.82) is 0 Å². The van der Waals surface area contributed by atoms with E-state index in [1.54, 1.807) is 20.4 Å². The number of furan rings is 1. The van der Waals surface area contributed by atoms with Crippen LogP contribution in [0.2, 0.25) is 5.02 Å². The first kappa shape index (κ1) is 19.8. The Balaban J connectivity index is 1.80. The average molecular weight is 425 g/mol. The van der Waals surface area contributed by atoms with E-state index >= 15 is 0 Å². The molecule has 0 saturated carbocycles. The number of benzene rings is 2. The second kappa shape index (κ2) is 8.12. The molecule has 0 bridgehead atoms. The van der Waals surface area contributed by atoms with Gasteiger partial charge in [-0.05, 0) is 35.4 Å². The van der Waals surface area contributed by atoms with Gasteiger partial charge in [-0.15, -0.1) is 0 Å². The molecule has 4 N–H and O–H groups in total. The summed E-state index contributed by atoms with van der Waals surface area (Å²) >= 11 is 5.99. The zero-order chi connectivity index (χ0) is 21.3. The van der Waals surface area contributed by atoms with E-state index in [0.717, 1.165) is 27.8 Å². The van der Waals surface area contributed by atoms with Crippen LogP contribution in [0, 0.1) is 0 Å². The van der Waals surface area contributed by atoms with Crippen molar-refractivity contribution in [3.05, 3.63) is 70.1 Å². The molecule has 4 aromatic rings. The molecule has 0 spiro atoms. The van der Waals surface area contributed by atoms with Crippen LogP contribution in [0.25, 0.3) is 11.0 Å². The van der Waals surface area contributed by atoms with Gasteiger partial charge in [0.15, 0.2) is 11.3 Å². The second-order valence-corrected chi connectivity index (χ2v) is 7.28. The maximum absolute atomic E-state index is 6.17. The monoisotopic (exact) mass is 424 g/mol. The molecule has 0 aliphatic rings. The number of hydrogen-bond donors (Lipinski definition) is 2. The molecule has 2 aromatic heterocycles. The van der Waals surface area contributed by atoms with Crippen LogP contribution >= 0.6 is 11.6 Å². The van der Waals surface area contributed by atoms with Crippen LogP contribution in [-0.2, 0) is 12.8 Å². The van der Waals surface area contributed by atoms with Crippen LogP contribution in [-0.4, -0.2) is 24.2 Å². The Morgan fingerprint density at radius 1 is 1.00 bits per heavy atom. The van der Waals surface area contributed by atoms with Crippen molar-refractivity contribution in [3.63, 3.8) is 0 Å². The highest BCUT2D eigenvalue weighted by atomic mass is 35.5. The number of aromatic nitrogens is 2. The standard InChI is InChI=1S/C22H21ClN4O3/c1-28-18-9-13(8-14-11-26-22(25)27-21(14)24)17-10-16(30-19(17)20(18)29-2)7-12-3-5-15(23)6-4-12/h3-6,9-11H,7-8H2,1-2H3,(H4,24,25,26,27). The predicted octanol–water partition coefficient (Wildman–Crippen LogP) is 4.24. The molecule has 0 radical (unpaired) electrons. The minimum absolute atomic E-state index is 0.141. The predicted molar refractivity (Wildman–Crippen MR) is 117 cm³/mol. The number of nitrogen functional groups attached to an aromatic ring is 2. The Hall–Kier alpha value is -3.45. The van der Waals surface area contributed by atoms with Crippen LogP contribution in [0.1, 0.15) is 22.5 Å². The van der Waals surface area contributed by atoms with Crippen molar-refractivity contribution in [1.82, 2.24) is 9.97 Å². The largest absolute Gasteiger partial charge is 0.493 e. The zero-order valence-electron chi connectivity index (χ0n) is 16.6. The number of anilines is 2. The molecule has 0 aliphatic heterocycles. The number of hydrogen-bond acceptors (Lipinski definition) is 7. The summed E-state index contributed by atoms with van der Waals surface area (Å²) < 4.78 is 17.3. The highest BCUT2D eigenvalue weighted by Crippen LogP contribution is 2.41. The first-order valence-corrected chi connectivity index (χ1v) is 9.64. The number of rotatable bonds is 6. The molecule has 30 heavy (non-hydrogen) atoms. The third kappa shape index (κ3) is 3.84. The fourth-order valence-corrected chi connectivity index (χ4v) is 3.55. The smallest absolute Gasteiger partial charge is 0.221 e. The molecule has 0 fully saturated rings. The van der Waals surface area contributed by atoms with Gasteiger partial charge in [0.25, 0.3) is 0 Å². The first-order valence-electron chi connectivity index (χ1n) is 9.26. The maximum Gasteiger partial charge on any atom is 0.221 e. The fourth-order valence-electron chi connectivity index (χ4n) is 3.42. The Kier molecular flexibility index (Phi) is 5.37. The van der Waals surface area contributed by atoms with Gasteiger partial charge in [0, 0.05) is 35.0 Å². The number of fused-ring (bicyclic) bond motifs is 1. The van der Waals surface area contributed by atoms with Gasteiger partial charge in [-0.25, -0.2) is 4.98 Å². The molecule has 154 valence electrons. The molecule has 7 nitrogen and oxygen atoms in total. The molecule has 8 heteroatoms. The fraction of sp³-hybridized carbons (Fsp3) is 0.182. The van der Waals surface area contributed by atoms with E-state index in [1.165, 1.54) is 0 Å². The van der Waals surface area contributed by atoms with Crippen molar-refractivity contribution in [2.45, 2.75) is 12.8 Å². The van der Waals surface area contributed by atoms with Crippen LogP contribution in [0.15, 0.2) is 47.0 Å². The van der Waals surface area contributed by atoms with Gasteiger partial charge in [0.1, 0.15) is 11.6 Å². The highest BCUT2D eigenvalue weighted by Gasteiger charge is 2.20. The van der Waals surface area contributed by atoms with Gasteiger partial charge in [-0.1, -0.05) is 23.7 Å². The summed E-state index contributed by atoms with van der Waals surface area (Å²) in [5.41, 5.74) is 15.1. The van der Waals surface area contributed by atoms with Crippen LogP contribution in [0.4, 0.5) is 11.8 Å². The number of methoxy groups -OCH3 is 2. The molecular weight excluding hydrogens is 404 g/mol. The van der Waals surface area contributed by atoms with Gasteiger partial charge in [0.2, 0.25) is 11.7 Å². The normalized spacial score (nSPS) is 11.0. The molecule has 0 saturated heterocycles. The Labute approximate surface area is 178 Å². The lowest BCUT2D eigenvalue weighted by molar-refractivity contribution is 0.352. The van der Waals surface area contributed by atoms with Gasteiger partial charge < -0.3 is 25.4 Å². The summed E-state index contributed by atoms with van der Waals surface area (Å²) in [5, 5.41) is 1.60. The van der Waals surface area contributed by atoms with Crippen molar-refractivity contribution < 1.29 is 13.9 Å². The minimum Gasteiger partial charge on any atom is -0.493 e. The van der Waals surface area contributed by atoms with Crippen LogP contribution < -0.4 is 20.9 Å². The molecule has 0 amide bonds. The lowest BCUT2D eigenvalue weighted by Gasteiger charge is -2.12. The number of nitrogens with two attached hydrogens (primary N) is 2. The zero-order valence-corrected chi connectivity index (χ0v) is 17.4. The molecular formula is C22H21ClN4O3. The van der Waals surface area contributed by atoms with Crippen molar-refractivity contribution in [3.8, 4) is 11.5 Å². The number of ether oxygens (including phenoxy) is 2. The molecule has 0 unspecified atom stereocenters. The van der Waals surface area contributed by atoms with Crippen LogP contribution in [0.5, 0.6) is 11.5 Å². The molecule has 2 heterocycles. The maximum atomic E-state index is 6.17. The van der Waals surface area contributed by atoms with Gasteiger partial charge in [-0.3, -0.25) is 0 Å². The van der Waals surface area contributed by atoms with E-state index in [4.69, 9.17) is 37.0 Å². The van der Waals surface area contributed by atoms with Crippen molar-refractivity contribution in [2.24, 2.45) is 0 Å². The summed E-state index contributed by atoms with van der Waals surface area (Å²) in [6.45, 7) is 0. The Morgan fingerprint density at radius 2 is 1.77 bits per heavy atom. The number of halogens is 1. The van der Waals surface area contributed by atoms with E-state index in [2.05, 4.69) is 9.97 Å². The molecule has 4 rings (SSSR count). The summed E-state index contributed by atoms with van der Waals surface area (Å²) in [4.78, 5) is 8.11. The van der Waals surface area contributed by atoms with Crippen molar-refractivity contribution in [2.75, 3.05) is 25.7 Å². The number of nitrogens with zero attached hydrogens (tertiary/aromatic N) is 2.